The summed E-state index contributed by atoms with van der Waals surface area (Å²) in [7, 11) is -2.44. The van der Waals surface area contributed by atoms with E-state index < -0.39 is 12.8 Å². The van der Waals surface area contributed by atoms with E-state index in [1.165, 1.54) is 0 Å². The second kappa shape index (κ2) is 5.20. The van der Waals surface area contributed by atoms with Crippen LogP contribution < -0.4 is 15.9 Å². The lowest BCUT2D eigenvalue weighted by molar-refractivity contribution is 0.588. The van der Waals surface area contributed by atoms with Crippen molar-refractivity contribution in [3.8, 4) is 0 Å². The first-order chi connectivity index (χ1) is 8.80. The average molecular weight is 318 g/mol. The molecule has 7 heteroatoms. The molecule has 0 spiro atoms. The summed E-state index contributed by atoms with van der Waals surface area (Å²) < 4.78 is 12.3. The van der Waals surface area contributed by atoms with Gasteiger partial charge >= 0.3 is 0 Å². The summed E-state index contributed by atoms with van der Waals surface area (Å²) >= 11 is 12.1. The first kappa shape index (κ1) is 14.4. The predicted octanol–water partition coefficient (Wildman–Crippen LogP) is 2.71. The Kier molecular flexibility index (Phi) is 3.95. The van der Waals surface area contributed by atoms with Gasteiger partial charge in [-0.2, -0.15) is 0 Å². The predicted molar refractivity (Wildman–Crippen MR) is 83.2 cm³/mol. The number of amidine groups is 1. The number of rotatable bonds is 2. The van der Waals surface area contributed by atoms with Gasteiger partial charge in [-0.15, -0.1) is 0 Å². The lowest BCUT2D eigenvalue weighted by atomic mass is 10.3. The Morgan fingerprint density at radius 1 is 1.37 bits per heavy atom. The normalized spacial score (nSPS) is 20.0. The Hall–Kier alpha value is -0.960. The topological polar surface area (TPSA) is 58.7 Å². The van der Waals surface area contributed by atoms with Crippen LogP contribution in [0.3, 0.4) is 0 Å². The number of nitrogens with two attached hydrogens (primary N) is 1. The van der Waals surface area contributed by atoms with Gasteiger partial charge in [0.05, 0.1) is 10.7 Å². The molecule has 0 bridgehead atoms. The van der Waals surface area contributed by atoms with Crippen LogP contribution in [0.5, 0.6) is 0 Å². The Balaban J connectivity index is 2.53. The first-order valence-corrected chi connectivity index (χ1v) is 9.00. The van der Waals surface area contributed by atoms with E-state index in [-0.39, 0.29) is 5.84 Å². The second-order valence-electron chi connectivity index (χ2n) is 4.55. The number of aliphatic imine (C=N–C) groups is 1. The van der Waals surface area contributed by atoms with Gasteiger partial charge in [0.1, 0.15) is 13.0 Å². The fourth-order valence-corrected chi connectivity index (χ4v) is 3.42. The zero-order valence-corrected chi connectivity index (χ0v) is 13.0. The number of alkyl halides is 1. The van der Waals surface area contributed by atoms with Gasteiger partial charge in [0.2, 0.25) is 5.62 Å². The Bertz CT molecular complexity index is 609. The number of benzene rings is 1. The van der Waals surface area contributed by atoms with Crippen molar-refractivity contribution in [1.82, 2.24) is 0 Å². The van der Waals surface area contributed by atoms with Crippen molar-refractivity contribution in [1.29, 1.82) is 0 Å². The highest BCUT2D eigenvalue weighted by atomic mass is 35.5. The largest absolute Gasteiger partial charge is 0.383 e. The van der Waals surface area contributed by atoms with Crippen molar-refractivity contribution >= 4 is 47.2 Å². The van der Waals surface area contributed by atoms with E-state index >= 15 is 0 Å². The molecule has 19 heavy (non-hydrogen) atoms. The fraction of sp³-hybridized carbons (Fsp3) is 0.250. The van der Waals surface area contributed by atoms with Crippen molar-refractivity contribution in [3.05, 3.63) is 35.5 Å². The van der Waals surface area contributed by atoms with Crippen LogP contribution in [0.1, 0.15) is 0 Å². The molecule has 1 atom stereocenters. The molecule has 1 aliphatic rings. The monoisotopic (exact) mass is 317 g/mol. The van der Waals surface area contributed by atoms with Crippen LogP contribution in [0, 0.1) is 0 Å². The molecule has 0 aromatic heterocycles. The molecule has 1 aliphatic heterocycles. The maximum absolute atomic E-state index is 12.3. The standard InChI is InChI=1S/C12H14Cl2N3OP/c1-19(2,18)10-6-4-3-5-9(10)17-7-8(13)11(15)16-12(17)14/h3-7,12H,1-2H3,(H2,15,16). The van der Waals surface area contributed by atoms with Gasteiger partial charge in [0.25, 0.3) is 0 Å². The molecule has 0 amide bonds. The van der Waals surface area contributed by atoms with Gasteiger partial charge in [-0.3, -0.25) is 0 Å². The van der Waals surface area contributed by atoms with Crippen LogP contribution in [-0.2, 0) is 4.57 Å². The summed E-state index contributed by atoms with van der Waals surface area (Å²) in [5, 5.41) is 1.05. The van der Waals surface area contributed by atoms with E-state index in [0.717, 1.165) is 11.0 Å². The highest BCUT2D eigenvalue weighted by molar-refractivity contribution is 7.70. The van der Waals surface area contributed by atoms with Crippen molar-refractivity contribution in [2.24, 2.45) is 10.7 Å². The third kappa shape index (κ3) is 2.97. The summed E-state index contributed by atoms with van der Waals surface area (Å²) in [6.07, 6.45) is 1.61. The quantitative estimate of drug-likeness (QED) is 0.518. The molecule has 2 rings (SSSR count). The van der Waals surface area contributed by atoms with Crippen LogP contribution in [-0.4, -0.2) is 24.8 Å². The number of hydrogen-bond donors (Lipinski definition) is 1. The molecule has 0 aliphatic carbocycles. The fourth-order valence-electron chi connectivity index (χ4n) is 1.81. The summed E-state index contributed by atoms with van der Waals surface area (Å²) in [6.45, 7) is 3.42. The molecule has 2 N–H and O–H groups in total. The third-order valence-electron chi connectivity index (χ3n) is 2.71. The van der Waals surface area contributed by atoms with Crippen LogP contribution in [0.15, 0.2) is 40.5 Å². The molecular weight excluding hydrogens is 304 g/mol. The number of hydrogen-bond acceptors (Lipinski definition) is 4. The highest BCUT2D eigenvalue weighted by Gasteiger charge is 2.25. The lowest BCUT2D eigenvalue weighted by Gasteiger charge is -2.29. The van der Waals surface area contributed by atoms with Crippen molar-refractivity contribution < 1.29 is 4.57 Å². The number of nitrogens with zero attached hydrogens (tertiary/aromatic N) is 2. The summed E-state index contributed by atoms with van der Waals surface area (Å²) in [5.41, 5.74) is 5.64. The third-order valence-corrected chi connectivity index (χ3v) is 4.85. The number of halogens is 2. The van der Waals surface area contributed by atoms with E-state index in [4.69, 9.17) is 28.9 Å². The highest BCUT2D eigenvalue weighted by Crippen LogP contribution is 2.40. The van der Waals surface area contributed by atoms with Crippen LogP contribution in [0.2, 0.25) is 0 Å². The number of anilines is 1. The zero-order valence-electron chi connectivity index (χ0n) is 10.5. The number of para-hydroxylation sites is 1. The van der Waals surface area contributed by atoms with Crippen molar-refractivity contribution in [2.45, 2.75) is 5.62 Å². The van der Waals surface area contributed by atoms with Crippen LogP contribution >= 0.6 is 30.3 Å². The molecule has 1 aromatic rings. The molecule has 1 heterocycles. The SMILES string of the molecule is CP(C)(=O)c1ccccc1N1C=C(Cl)C(N)=NC1Cl. The minimum Gasteiger partial charge on any atom is -0.383 e. The second-order valence-corrected chi connectivity index (χ2v) is 8.53. The molecule has 0 radical (unpaired) electrons. The van der Waals surface area contributed by atoms with E-state index in [0.29, 0.717) is 5.03 Å². The van der Waals surface area contributed by atoms with Crippen LogP contribution in [0.4, 0.5) is 5.69 Å². The first-order valence-electron chi connectivity index (χ1n) is 5.58. The van der Waals surface area contributed by atoms with E-state index in [9.17, 15) is 4.57 Å². The molecule has 0 saturated carbocycles. The molecule has 102 valence electrons. The van der Waals surface area contributed by atoms with E-state index in [1.54, 1.807) is 24.4 Å². The molecule has 1 unspecified atom stereocenters. The molecule has 0 saturated heterocycles. The van der Waals surface area contributed by atoms with Crippen molar-refractivity contribution in [2.75, 3.05) is 18.2 Å². The molecular formula is C12H14Cl2N3OP. The smallest absolute Gasteiger partial charge is 0.203 e. The Labute approximate surface area is 122 Å². The lowest BCUT2D eigenvalue weighted by Crippen LogP contribution is -2.35. The minimum absolute atomic E-state index is 0.201. The van der Waals surface area contributed by atoms with Gasteiger partial charge in [-0.25, -0.2) is 4.99 Å². The Morgan fingerprint density at radius 3 is 2.63 bits per heavy atom. The zero-order chi connectivity index (χ0) is 14.2. The summed E-state index contributed by atoms with van der Waals surface area (Å²) in [4.78, 5) is 5.70. The van der Waals surface area contributed by atoms with E-state index in [1.807, 2.05) is 24.3 Å². The van der Waals surface area contributed by atoms with Gasteiger partial charge in [0, 0.05) is 11.5 Å². The summed E-state index contributed by atoms with van der Waals surface area (Å²) in [6, 6.07) is 7.35. The van der Waals surface area contributed by atoms with Crippen LogP contribution in [0.25, 0.3) is 0 Å². The molecule has 1 aromatic carbocycles. The van der Waals surface area contributed by atoms with Gasteiger partial charge in [0.15, 0.2) is 0 Å². The minimum atomic E-state index is -2.44. The average Bonchev–Trinajstić information content (AvgIpc) is 2.33. The Morgan fingerprint density at radius 2 is 2.00 bits per heavy atom. The van der Waals surface area contributed by atoms with Gasteiger partial charge < -0.3 is 15.2 Å². The van der Waals surface area contributed by atoms with Gasteiger partial charge in [-0.1, -0.05) is 35.3 Å². The molecule has 4 nitrogen and oxygen atoms in total. The van der Waals surface area contributed by atoms with Gasteiger partial charge in [-0.05, 0) is 25.5 Å². The van der Waals surface area contributed by atoms with Crippen molar-refractivity contribution in [3.63, 3.8) is 0 Å². The molecule has 0 fully saturated rings. The maximum atomic E-state index is 12.3. The maximum Gasteiger partial charge on any atom is 0.203 e. The summed E-state index contributed by atoms with van der Waals surface area (Å²) in [5.74, 6) is 0.201. The van der Waals surface area contributed by atoms with E-state index in [2.05, 4.69) is 4.99 Å².